The van der Waals surface area contributed by atoms with Crippen molar-refractivity contribution in [2.45, 2.75) is 45.4 Å². The molecule has 1 spiro atoms. The Morgan fingerprint density at radius 3 is 2.32 bits per heavy atom. The molecule has 4 nitrogen and oxygen atoms in total. The van der Waals surface area contributed by atoms with E-state index in [1.165, 1.54) is 111 Å². The molecule has 0 aromatic rings. The second kappa shape index (κ2) is 8.24. The first-order chi connectivity index (χ1) is 12.2. The number of likely N-dealkylation sites (tertiary alicyclic amines) is 3. The van der Waals surface area contributed by atoms with Crippen molar-refractivity contribution in [3.8, 4) is 0 Å². The lowest BCUT2D eigenvalue weighted by molar-refractivity contribution is -0.0515. The number of piperidine rings is 2. The summed E-state index contributed by atoms with van der Waals surface area (Å²) in [6.07, 6.45) is 8.49. The predicted molar refractivity (Wildman–Crippen MR) is 105 cm³/mol. The fourth-order valence-electron chi connectivity index (χ4n) is 5.70. The summed E-state index contributed by atoms with van der Waals surface area (Å²) in [5.41, 5.74) is 0.700. The van der Waals surface area contributed by atoms with E-state index < -0.39 is 0 Å². The molecule has 4 saturated heterocycles. The van der Waals surface area contributed by atoms with Gasteiger partial charge in [0.15, 0.2) is 0 Å². The topological polar surface area (TPSA) is 21.8 Å². The SMILES string of the molecule is CCCCN1CCCC(CN2CCC(CN3CC4(CNC4)C3)CC2)C1. The maximum Gasteiger partial charge on any atom is 0.0207 e. The van der Waals surface area contributed by atoms with E-state index in [2.05, 4.69) is 26.9 Å². The van der Waals surface area contributed by atoms with Crippen molar-refractivity contribution in [2.75, 3.05) is 72.0 Å². The Labute approximate surface area is 155 Å². The highest BCUT2D eigenvalue weighted by Gasteiger charge is 2.47. The average Bonchev–Trinajstić information content (AvgIpc) is 2.56. The Morgan fingerprint density at radius 1 is 0.880 bits per heavy atom. The molecule has 0 bridgehead atoms. The Bertz CT molecular complexity index is 406. The summed E-state index contributed by atoms with van der Waals surface area (Å²) in [6, 6.07) is 0. The summed E-state index contributed by atoms with van der Waals surface area (Å²) in [5, 5.41) is 3.45. The summed E-state index contributed by atoms with van der Waals surface area (Å²) in [7, 11) is 0. The van der Waals surface area contributed by atoms with Crippen LogP contribution in [0, 0.1) is 17.3 Å². The number of nitrogens with zero attached hydrogens (tertiary/aromatic N) is 3. The molecule has 0 aliphatic carbocycles. The van der Waals surface area contributed by atoms with Crippen molar-refractivity contribution in [1.82, 2.24) is 20.0 Å². The Morgan fingerprint density at radius 2 is 1.64 bits per heavy atom. The highest BCUT2D eigenvalue weighted by atomic mass is 15.3. The lowest BCUT2D eigenvalue weighted by Gasteiger charge is -2.57. The summed E-state index contributed by atoms with van der Waals surface area (Å²) < 4.78 is 0. The van der Waals surface area contributed by atoms with Gasteiger partial charge in [-0.15, -0.1) is 0 Å². The molecule has 4 heteroatoms. The fraction of sp³-hybridized carbons (Fsp3) is 1.00. The molecular formula is C21H40N4. The van der Waals surface area contributed by atoms with Crippen molar-refractivity contribution in [3.63, 3.8) is 0 Å². The maximum absolute atomic E-state index is 3.45. The number of rotatable bonds is 7. The largest absolute Gasteiger partial charge is 0.315 e. The van der Waals surface area contributed by atoms with Gasteiger partial charge in [-0.1, -0.05) is 13.3 Å². The van der Waals surface area contributed by atoms with Crippen LogP contribution >= 0.6 is 0 Å². The van der Waals surface area contributed by atoms with Gasteiger partial charge in [-0.25, -0.2) is 0 Å². The van der Waals surface area contributed by atoms with Crippen LogP contribution in [0.5, 0.6) is 0 Å². The molecule has 4 aliphatic heterocycles. The number of hydrogen-bond acceptors (Lipinski definition) is 4. The second-order valence-corrected chi connectivity index (χ2v) is 9.68. The Kier molecular flexibility index (Phi) is 6.01. The van der Waals surface area contributed by atoms with Gasteiger partial charge in [-0.3, -0.25) is 0 Å². The molecular weight excluding hydrogens is 308 g/mol. The van der Waals surface area contributed by atoms with Crippen LogP contribution in [0.3, 0.4) is 0 Å². The molecule has 4 fully saturated rings. The van der Waals surface area contributed by atoms with Crippen LogP contribution in [0.1, 0.15) is 45.4 Å². The summed E-state index contributed by atoms with van der Waals surface area (Å²) in [4.78, 5) is 8.26. The van der Waals surface area contributed by atoms with E-state index >= 15 is 0 Å². The van der Waals surface area contributed by atoms with Crippen LogP contribution in [-0.2, 0) is 0 Å². The molecule has 4 heterocycles. The zero-order valence-corrected chi connectivity index (χ0v) is 16.5. The van der Waals surface area contributed by atoms with E-state index in [0.29, 0.717) is 5.41 Å². The average molecular weight is 349 g/mol. The third kappa shape index (κ3) is 4.58. The molecule has 0 aromatic heterocycles. The molecule has 25 heavy (non-hydrogen) atoms. The van der Waals surface area contributed by atoms with E-state index in [9.17, 15) is 0 Å². The minimum Gasteiger partial charge on any atom is -0.315 e. The first kappa shape index (κ1) is 18.2. The molecule has 0 aromatic carbocycles. The first-order valence-corrected chi connectivity index (χ1v) is 11.1. The molecule has 144 valence electrons. The Balaban J connectivity index is 1.12. The minimum absolute atomic E-state index is 0.700. The van der Waals surface area contributed by atoms with Gasteiger partial charge in [0.1, 0.15) is 0 Å². The zero-order chi connectivity index (χ0) is 17.1. The quantitative estimate of drug-likeness (QED) is 0.761. The van der Waals surface area contributed by atoms with Gasteiger partial charge in [0.25, 0.3) is 0 Å². The van der Waals surface area contributed by atoms with Gasteiger partial charge in [0.05, 0.1) is 0 Å². The van der Waals surface area contributed by atoms with Crippen molar-refractivity contribution in [1.29, 1.82) is 0 Å². The van der Waals surface area contributed by atoms with E-state index in [1.807, 2.05) is 0 Å². The van der Waals surface area contributed by atoms with Crippen LogP contribution in [0.15, 0.2) is 0 Å². The normalized spacial score (nSPS) is 31.8. The molecule has 0 radical (unpaired) electrons. The summed E-state index contributed by atoms with van der Waals surface area (Å²) in [6.45, 7) is 17.1. The first-order valence-electron chi connectivity index (χ1n) is 11.1. The Hall–Kier alpha value is -0.160. The highest BCUT2D eigenvalue weighted by Crippen LogP contribution is 2.35. The molecule has 0 amide bonds. The van der Waals surface area contributed by atoms with Crippen LogP contribution < -0.4 is 5.32 Å². The number of nitrogens with one attached hydrogen (secondary N) is 1. The number of hydrogen-bond donors (Lipinski definition) is 1. The molecule has 4 rings (SSSR count). The van der Waals surface area contributed by atoms with E-state index in [0.717, 1.165) is 11.8 Å². The lowest BCUT2D eigenvalue weighted by atomic mass is 9.74. The molecule has 1 N–H and O–H groups in total. The van der Waals surface area contributed by atoms with Gasteiger partial charge < -0.3 is 20.0 Å². The fourth-order valence-corrected chi connectivity index (χ4v) is 5.70. The predicted octanol–water partition coefficient (Wildman–Crippen LogP) is 2.12. The van der Waals surface area contributed by atoms with Crippen LogP contribution in [-0.4, -0.2) is 86.7 Å². The van der Waals surface area contributed by atoms with Gasteiger partial charge >= 0.3 is 0 Å². The van der Waals surface area contributed by atoms with Gasteiger partial charge in [-0.2, -0.15) is 0 Å². The third-order valence-corrected chi connectivity index (χ3v) is 7.29. The van der Waals surface area contributed by atoms with Crippen LogP contribution in [0.2, 0.25) is 0 Å². The molecule has 1 unspecified atom stereocenters. The standard InChI is InChI=1S/C21H40N4/c1-2-3-8-23-9-4-5-20(13-23)14-24-10-6-19(7-11-24)12-25-17-21(18-25)15-22-16-21/h19-20,22H,2-18H2,1H3. The smallest absolute Gasteiger partial charge is 0.0207 e. The maximum atomic E-state index is 3.45. The summed E-state index contributed by atoms with van der Waals surface area (Å²) >= 11 is 0. The molecule has 1 atom stereocenters. The van der Waals surface area contributed by atoms with Gasteiger partial charge in [-0.05, 0) is 70.1 Å². The van der Waals surface area contributed by atoms with Crippen molar-refractivity contribution < 1.29 is 0 Å². The lowest BCUT2D eigenvalue weighted by Crippen LogP contribution is -2.71. The van der Waals surface area contributed by atoms with Gasteiger partial charge in [0.2, 0.25) is 0 Å². The van der Waals surface area contributed by atoms with Crippen molar-refractivity contribution >= 4 is 0 Å². The van der Waals surface area contributed by atoms with Crippen LogP contribution in [0.25, 0.3) is 0 Å². The number of unbranched alkanes of at least 4 members (excludes halogenated alkanes) is 1. The molecule has 4 aliphatic rings. The molecule has 0 saturated carbocycles. The van der Waals surface area contributed by atoms with E-state index in [4.69, 9.17) is 0 Å². The van der Waals surface area contributed by atoms with Crippen LogP contribution in [0.4, 0.5) is 0 Å². The van der Waals surface area contributed by atoms with Gasteiger partial charge in [0, 0.05) is 51.2 Å². The third-order valence-electron chi connectivity index (χ3n) is 7.29. The summed E-state index contributed by atoms with van der Waals surface area (Å²) in [5.74, 6) is 1.90. The van der Waals surface area contributed by atoms with E-state index in [1.54, 1.807) is 0 Å². The minimum atomic E-state index is 0.700. The monoisotopic (exact) mass is 348 g/mol. The van der Waals surface area contributed by atoms with Crippen molar-refractivity contribution in [3.05, 3.63) is 0 Å². The van der Waals surface area contributed by atoms with Crippen molar-refractivity contribution in [2.24, 2.45) is 17.3 Å². The highest BCUT2D eigenvalue weighted by molar-refractivity contribution is 5.04. The second-order valence-electron chi connectivity index (χ2n) is 9.68. The van der Waals surface area contributed by atoms with E-state index in [-0.39, 0.29) is 0 Å². The zero-order valence-electron chi connectivity index (χ0n) is 16.5.